The molecule has 0 saturated heterocycles. The van der Waals surface area contributed by atoms with Crippen LogP contribution in [0, 0.1) is 5.92 Å². The van der Waals surface area contributed by atoms with Gasteiger partial charge in [-0.05, 0) is 57.3 Å². The number of hydrogen-bond acceptors (Lipinski definition) is 20. The van der Waals surface area contributed by atoms with Crippen molar-refractivity contribution in [3.05, 3.63) is 12.2 Å². The Hall–Kier alpha value is -7.40. The maximum absolute atomic E-state index is 13.7. The van der Waals surface area contributed by atoms with Gasteiger partial charge in [-0.3, -0.25) is 82.7 Å². The van der Waals surface area contributed by atoms with E-state index in [0.717, 1.165) is 52.9 Å². The first-order chi connectivity index (χ1) is 40.0. The monoisotopic (exact) mass is 1270 g/mol. The Kier molecular flexibility index (Phi) is 42.2. The molecule has 0 rings (SSSR count). The van der Waals surface area contributed by atoms with Crippen LogP contribution >= 0.6 is 0 Å². The number of hydroxylamine groups is 6. The molecule has 0 aliphatic carbocycles. The number of rotatable bonds is 43. The number of aliphatic hydroxyl groups is 3. The van der Waals surface area contributed by atoms with Gasteiger partial charge in [0, 0.05) is 63.9 Å². The standard InChI is InChI=1S/C51H87N13O21.Fe/c1-7-8-9-10-11-12-13-20-40(71)56-38(28-66)49(80)57-35(18-15-22-63(84)32(5)69)46(77)52-25-42(73)61-44(30(2)3)51(82)60-39(29-67)50(81)58-36(19-16-23-64(85)33(6)70)48(79)59-37(27-65)47(78)53-24-41(72)55-34(45(76)54-26-43(74)75)17-14-21-62(83)31(4)68;/h12-13,30,34-39,44,65-67,83-85H,7-11,14-29H2,1-6H3,(H,52,77)(H,53,78)(H,54,76)(H,55,72)(H,56,71)(H,57,80)(H,58,81)(H,59,79)(H,60,82)(H,61,73)(H,74,75);/b13-12-;/t34?,35?,36?,37-,38+,39+,44-;/m1./s1. The van der Waals surface area contributed by atoms with Crippen LogP contribution in [0.25, 0.3) is 0 Å². The Morgan fingerprint density at radius 2 is 0.767 bits per heavy atom. The van der Waals surface area contributed by atoms with Crippen molar-refractivity contribution < 1.29 is 120 Å². The second-order valence-corrected chi connectivity index (χ2v) is 19.7. The number of carboxylic acid groups (broad SMARTS) is 1. The summed E-state index contributed by atoms with van der Waals surface area (Å²) >= 11 is 0. The zero-order valence-corrected chi connectivity index (χ0v) is 50.3. The number of nitrogens with zero attached hydrogens (tertiary/aromatic N) is 3. The van der Waals surface area contributed by atoms with E-state index in [9.17, 15) is 98.1 Å². The molecule has 0 bridgehead atoms. The molecule has 490 valence electrons. The van der Waals surface area contributed by atoms with Gasteiger partial charge in [0.15, 0.2) is 0 Å². The van der Waals surface area contributed by atoms with Gasteiger partial charge < -0.3 is 73.6 Å². The van der Waals surface area contributed by atoms with Crippen molar-refractivity contribution in [2.24, 2.45) is 5.92 Å². The molecule has 0 aromatic carbocycles. The Balaban J connectivity index is 0. The van der Waals surface area contributed by atoms with Crippen LogP contribution in [0.2, 0.25) is 0 Å². The zero-order chi connectivity index (χ0) is 64.8. The van der Waals surface area contributed by atoms with Gasteiger partial charge in [0.05, 0.1) is 32.9 Å². The molecule has 34 nitrogen and oxygen atoms in total. The molecule has 13 amide bonds. The van der Waals surface area contributed by atoms with E-state index < -0.39 is 183 Å². The summed E-state index contributed by atoms with van der Waals surface area (Å²) < 4.78 is 0. The first-order valence-electron chi connectivity index (χ1n) is 27.6. The Bertz CT molecular complexity index is 2280. The van der Waals surface area contributed by atoms with Crippen LogP contribution in [-0.4, -0.2) is 235 Å². The third-order valence-corrected chi connectivity index (χ3v) is 12.3. The van der Waals surface area contributed by atoms with E-state index in [-0.39, 0.29) is 73.7 Å². The van der Waals surface area contributed by atoms with E-state index in [1.165, 1.54) is 13.8 Å². The fraction of sp³-hybridized carbons (Fsp3) is 0.686. The number of unbranched alkanes of at least 4 members (excludes halogenated alkanes) is 4. The number of carboxylic acids is 1. The van der Waals surface area contributed by atoms with Gasteiger partial charge >= 0.3 is 5.97 Å². The van der Waals surface area contributed by atoms with Crippen LogP contribution in [0.1, 0.15) is 119 Å². The van der Waals surface area contributed by atoms with Gasteiger partial charge in [0.1, 0.15) is 48.8 Å². The summed E-state index contributed by atoms with van der Waals surface area (Å²) in [7, 11) is 0. The van der Waals surface area contributed by atoms with Gasteiger partial charge in [0.2, 0.25) is 76.8 Å². The summed E-state index contributed by atoms with van der Waals surface area (Å²) in [5.74, 6) is -14.6. The molecule has 0 radical (unpaired) electrons. The predicted octanol–water partition coefficient (Wildman–Crippen LogP) is -5.59. The predicted molar refractivity (Wildman–Crippen MR) is 294 cm³/mol. The number of hydrogen-bond donors (Lipinski definition) is 17. The molecule has 35 heteroatoms. The quantitative estimate of drug-likeness (QED) is 0.00890. The Labute approximate surface area is 507 Å². The summed E-state index contributed by atoms with van der Waals surface area (Å²) in [5.41, 5.74) is 0. The van der Waals surface area contributed by atoms with Crippen LogP contribution in [0.5, 0.6) is 0 Å². The summed E-state index contributed by atoms with van der Waals surface area (Å²) in [4.78, 5) is 178. The number of aliphatic carboxylic acids is 1. The minimum absolute atomic E-state index is 0. The van der Waals surface area contributed by atoms with Gasteiger partial charge in [-0.15, -0.1) is 0 Å². The molecular formula is C51H87FeN13O21. The van der Waals surface area contributed by atoms with Gasteiger partial charge in [0.25, 0.3) is 0 Å². The topological polar surface area (TPSA) is 511 Å². The smallest absolute Gasteiger partial charge is 0.322 e. The molecule has 0 saturated carbocycles. The second-order valence-electron chi connectivity index (χ2n) is 19.7. The van der Waals surface area contributed by atoms with Crippen molar-refractivity contribution >= 4 is 82.8 Å². The van der Waals surface area contributed by atoms with Crippen LogP contribution in [0.3, 0.4) is 0 Å². The molecule has 0 aromatic rings. The number of allylic oxidation sites excluding steroid dienone is 1. The number of amides is 13. The average molecular weight is 1270 g/mol. The molecule has 17 N–H and O–H groups in total. The van der Waals surface area contributed by atoms with Crippen molar-refractivity contribution in [2.75, 3.05) is 59.1 Å². The molecule has 0 fully saturated rings. The molecule has 86 heavy (non-hydrogen) atoms. The van der Waals surface area contributed by atoms with E-state index in [0.29, 0.717) is 10.1 Å². The largest absolute Gasteiger partial charge is 0.480 e. The minimum atomic E-state index is -1.86. The van der Waals surface area contributed by atoms with E-state index in [1.807, 2.05) is 6.08 Å². The van der Waals surface area contributed by atoms with Gasteiger partial charge in [-0.1, -0.05) is 52.2 Å². The van der Waals surface area contributed by atoms with Crippen LogP contribution < -0.4 is 53.2 Å². The van der Waals surface area contributed by atoms with Crippen LogP contribution in [0.15, 0.2) is 12.2 Å². The average Bonchev–Trinajstić information content (AvgIpc) is 3.40. The normalized spacial score (nSPS) is 13.3. The molecule has 0 spiro atoms. The first kappa shape index (κ1) is 80.7. The molecular weight excluding hydrogens is 1190 g/mol. The van der Waals surface area contributed by atoms with Crippen molar-refractivity contribution in [3.63, 3.8) is 0 Å². The fourth-order valence-corrected chi connectivity index (χ4v) is 7.40. The SMILES string of the molecule is CCCCCC/C=C\CC(=O)N[C@@H](CO)C(=O)NC(CCCN(O)C(C)=O)C(=O)NCC(=O)N[C@@H](C(=O)N[C@@H](CO)C(=O)NC(CCCN(O)C(C)=O)C(=O)N[C@H](CO)C(=O)NCC(=O)NC(CCCN(O)C(C)=O)C(=O)NCC(=O)O)C(C)C.[Fe]. The maximum Gasteiger partial charge on any atom is 0.322 e. The van der Waals surface area contributed by atoms with Crippen molar-refractivity contribution in [1.29, 1.82) is 0 Å². The Morgan fingerprint density at radius 1 is 0.419 bits per heavy atom. The zero-order valence-electron chi connectivity index (χ0n) is 49.2. The molecule has 0 aromatic heterocycles. The molecule has 3 unspecified atom stereocenters. The Morgan fingerprint density at radius 3 is 1.19 bits per heavy atom. The number of carbonyl (C=O) groups excluding carboxylic acids is 13. The maximum atomic E-state index is 13.7. The van der Waals surface area contributed by atoms with E-state index in [4.69, 9.17) is 5.11 Å². The fourth-order valence-electron chi connectivity index (χ4n) is 7.40. The molecule has 0 aliphatic rings. The molecule has 0 aliphatic heterocycles. The summed E-state index contributed by atoms with van der Waals surface area (Å²) in [6.07, 6.45) is 6.96. The third-order valence-electron chi connectivity index (χ3n) is 12.3. The van der Waals surface area contributed by atoms with Crippen molar-refractivity contribution in [3.8, 4) is 0 Å². The molecule has 0 heterocycles. The first-order valence-corrected chi connectivity index (χ1v) is 27.6. The van der Waals surface area contributed by atoms with Crippen molar-refractivity contribution in [1.82, 2.24) is 68.4 Å². The van der Waals surface area contributed by atoms with Gasteiger partial charge in [-0.25, -0.2) is 15.2 Å². The van der Waals surface area contributed by atoms with Gasteiger partial charge in [-0.2, -0.15) is 0 Å². The van der Waals surface area contributed by atoms with E-state index in [1.54, 1.807) is 6.08 Å². The minimum Gasteiger partial charge on any atom is -0.480 e. The second kappa shape index (κ2) is 45.0. The van der Waals surface area contributed by atoms with Crippen LogP contribution in [-0.2, 0) is 84.2 Å². The van der Waals surface area contributed by atoms with Crippen molar-refractivity contribution in [2.45, 2.75) is 161 Å². The van der Waals surface area contributed by atoms with Crippen LogP contribution in [0.4, 0.5) is 0 Å². The number of carbonyl (C=O) groups is 14. The van der Waals surface area contributed by atoms with E-state index >= 15 is 0 Å². The third kappa shape index (κ3) is 34.5. The summed E-state index contributed by atoms with van der Waals surface area (Å²) in [5, 5.41) is 92.2. The van der Waals surface area contributed by atoms with E-state index in [2.05, 4.69) is 60.1 Å². The number of aliphatic hydroxyl groups excluding tert-OH is 3. The molecule has 7 atom stereocenters. The number of nitrogens with one attached hydrogen (secondary N) is 10. The summed E-state index contributed by atoms with van der Waals surface area (Å²) in [6.45, 7) is 1.58. The summed E-state index contributed by atoms with van der Waals surface area (Å²) in [6, 6.07) is -11.3.